The van der Waals surface area contributed by atoms with Crippen LogP contribution in [0.5, 0.6) is 5.75 Å². The SMILES string of the molecule is CC(Oc1ccccc1[N+](=O)[O-])C(=O)NNC(=O)c1ccc(Cl)cc1. The van der Waals surface area contributed by atoms with Crippen LogP contribution >= 0.6 is 11.6 Å². The largest absolute Gasteiger partial charge is 0.474 e. The lowest BCUT2D eigenvalue weighted by Crippen LogP contribution is -2.47. The summed E-state index contributed by atoms with van der Waals surface area (Å²) >= 11 is 5.73. The number of carbonyl (C=O) groups excluding carboxylic acids is 2. The monoisotopic (exact) mass is 363 g/mol. The summed E-state index contributed by atoms with van der Waals surface area (Å²) in [5.74, 6) is -1.25. The van der Waals surface area contributed by atoms with E-state index in [1.54, 1.807) is 18.2 Å². The molecule has 0 aliphatic rings. The molecule has 2 amide bonds. The molecule has 0 aliphatic carbocycles. The molecule has 2 N–H and O–H groups in total. The zero-order valence-corrected chi connectivity index (χ0v) is 13.8. The van der Waals surface area contributed by atoms with Gasteiger partial charge in [-0.05, 0) is 37.3 Å². The molecule has 1 atom stereocenters. The molecule has 0 aromatic heterocycles. The summed E-state index contributed by atoms with van der Waals surface area (Å²) in [7, 11) is 0. The van der Waals surface area contributed by atoms with Crippen molar-refractivity contribution in [2.24, 2.45) is 0 Å². The van der Waals surface area contributed by atoms with Gasteiger partial charge in [0.15, 0.2) is 11.9 Å². The number of hydrogen-bond acceptors (Lipinski definition) is 5. The normalized spacial score (nSPS) is 11.3. The number of ether oxygens (including phenoxy) is 1. The number of nitrogens with zero attached hydrogens (tertiary/aromatic N) is 1. The minimum absolute atomic E-state index is 0.0424. The number of carbonyl (C=O) groups is 2. The van der Waals surface area contributed by atoms with Gasteiger partial charge in [-0.25, -0.2) is 0 Å². The zero-order chi connectivity index (χ0) is 18.4. The maximum Gasteiger partial charge on any atom is 0.310 e. The highest BCUT2D eigenvalue weighted by Gasteiger charge is 2.21. The third-order valence-electron chi connectivity index (χ3n) is 3.14. The predicted molar refractivity (Wildman–Crippen MR) is 90.2 cm³/mol. The predicted octanol–water partition coefficient (Wildman–Crippen LogP) is 2.48. The molecule has 1 unspecified atom stereocenters. The second-order valence-electron chi connectivity index (χ2n) is 4.94. The highest BCUT2D eigenvalue weighted by Crippen LogP contribution is 2.26. The Morgan fingerprint density at radius 1 is 1.12 bits per heavy atom. The van der Waals surface area contributed by atoms with Crippen LogP contribution in [0, 0.1) is 10.1 Å². The van der Waals surface area contributed by atoms with E-state index in [1.165, 1.54) is 37.3 Å². The van der Waals surface area contributed by atoms with Gasteiger partial charge >= 0.3 is 5.69 Å². The molecule has 0 spiro atoms. The summed E-state index contributed by atoms with van der Waals surface area (Å²) in [5.41, 5.74) is 4.47. The number of amides is 2. The van der Waals surface area contributed by atoms with E-state index in [9.17, 15) is 19.7 Å². The van der Waals surface area contributed by atoms with Crippen molar-refractivity contribution in [3.05, 3.63) is 69.2 Å². The topological polar surface area (TPSA) is 111 Å². The van der Waals surface area contributed by atoms with Crippen LogP contribution < -0.4 is 15.6 Å². The molecule has 0 saturated carbocycles. The molecule has 0 saturated heterocycles. The molecule has 0 aliphatic heterocycles. The fourth-order valence-electron chi connectivity index (χ4n) is 1.85. The van der Waals surface area contributed by atoms with Crippen LogP contribution in [0.25, 0.3) is 0 Å². The van der Waals surface area contributed by atoms with Gasteiger partial charge in [0.1, 0.15) is 0 Å². The Morgan fingerprint density at radius 3 is 2.40 bits per heavy atom. The molecular weight excluding hydrogens is 350 g/mol. The van der Waals surface area contributed by atoms with Crippen LogP contribution in [-0.2, 0) is 4.79 Å². The van der Waals surface area contributed by atoms with Crippen molar-refractivity contribution in [2.75, 3.05) is 0 Å². The third kappa shape index (κ3) is 4.92. The molecule has 130 valence electrons. The summed E-state index contributed by atoms with van der Waals surface area (Å²) in [5, 5.41) is 11.4. The number of rotatable bonds is 5. The van der Waals surface area contributed by atoms with Crippen molar-refractivity contribution in [1.29, 1.82) is 0 Å². The van der Waals surface area contributed by atoms with Crippen LogP contribution in [0.4, 0.5) is 5.69 Å². The van der Waals surface area contributed by atoms with Gasteiger partial charge in [-0.1, -0.05) is 23.7 Å². The van der Waals surface area contributed by atoms with E-state index in [0.717, 1.165) is 0 Å². The summed E-state index contributed by atoms with van der Waals surface area (Å²) in [6.07, 6.45) is -1.06. The summed E-state index contributed by atoms with van der Waals surface area (Å²) in [4.78, 5) is 34.2. The van der Waals surface area contributed by atoms with Crippen molar-refractivity contribution in [3.63, 3.8) is 0 Å². The molecule has 25 heavy (non-hydrogen) atoms. The van der Waals surface area contributed by atoms with Crippen LogP contribution in [-0.4, -0.2) is 22.8 Å². The first-order valence-corrected chi connectivity index (χ1v) is 7.52. The fourth-order valence-corrected chi connectivity index (χ4v) is 1.97. The Bertz CT molecular complexity index is 795. The van der Waals surface area contributed by atoms with Crippen molar-refractivity contribution in [1.82, 2.24) is 10.9 Å². The van der Waals surface area contributed by atoms with E-state index in [1.807, 2.05) is 0 Å². The van der Waals surface area contributed by atoms with Gasteiger partial charge in [0.05, 0.1) is 4.92 Å². The quantitative estimate of drug-likeness (QED) is 0.626. The fraction of sp³-hybridized carbons (Fsp3) is 0.125. The van der Waals surface area contributed by atoms with E-state index in [0.29, 0.717) is 10.6 Å². The second-order valence-corrected chi connectivity index (χ2v) is 5.37. The molecule has 8 nitrogen and oxygen atoms in total. The highest BCUT2D eigenvalue weighted by atomic mass is 35.5. The molecular formula is C16H14ClN3O5. The van der Waals surface area contributed by atoms with E-state index < -0.39 is 22.8 Å². The molecule has 0 bridgehead atoms. The first kappa shape index (κ1) is 18.2. The number of hydrogen-bond donors (Lipinski definition) is 2. The van der Waals surface area contributed by atoms with Crippen molar-refractivity contribution in [2.45, 2.75) is 13.0 Å². The Balaban J connectivity index is 1.93. The minimum Gasteiger partial charge on any atom is -0.474 e. The average molecular weight is 364 g/mol. The third-order valence-corrected chi connectivity index (χ3v) is 3.39. The molecule has 0 heterocycles. The minimum atomic E-state index is -1.06. The lowest BCUT2D eigenvalue weighted by Gasteiger charge is -2.15. The van der Waals surface area contributed by atoms with Crippen molar-refractivity contribution < 1.29 is 19.2 Å². The van der Waals surface area contributed by atoms with Gasteiger partial charge in [0.25, 0.3) is 11.8 Å². The maximum atomic E-state index is 12.0. The Morgan fingerprint density at radius 2 is 1.76 bits per heavy atom. The van der Waals surface area contributed by atoms with Crippen LogP contribution in [0.15, 0.2) is 48.5 Å². The zero-order valence-electron chi connectivity index (χ0n) is 13.1. The van der Waals surface area contributed by atoms with Gasteiger partial charge in [-0.3, -0.25) is 30.6 Å². The smallest absolute Gasteiger partial charge is 0.310 e. The summed E-state index contributed by atoms with van der Waals surface area (Å²) < 4.78 is 5.30. The number of hydrazine groups is 1. The highest BCUT2D eigenvalue weighted by molar-refractivity contribution is 6.30. The first-order chi connectivity index (χ1) is 11.9. The van der Waals surface area contributed by atoms with Crippen molar-refractivity contribution in [3.8, 4) is 5.75 Å². The molecule has 2 rings (SSSR count). The summed E-state index contributed by atoms with van der Waals surface area (Å²) in [6, 6.07) is 11.8. The van der Waals surface area contributed by atoms with E-state index in [4.69, 9.17) is 16.3 Å². The molecule has 2 aromatic rings. The Kier molecular flexibility index (Phi) is 5.91. The number of para-hydroxylation sites is 2. The number of nitro benzene ring substituents is 1. The van der Waals surface area contributed by atoms with Gasteiger partial charge in [-0.15, -0.1) is 0 Å². The standard InChI is InChI=1S/C16H14ClN3O5/c1-10(25-14-5-3-2-4-13(14)20(23)24)15(21)18-19-16(22)11-6-8-12(17)9-7-11/h2-10H,1H3,(H,18,21)(H,19,22). The molecule has 0 fully saturated rings. The van der Waals surface area contributed by atoms with Gasteiger partial charge in [0.2, 0.25) is 0 Å². The summed E-state index contributed by atoms with van der Waals surface area (Å²) in [6.45, 7) is 1.40. The molecule has 9 heteroatoms. The van der Waals surface area contributed by atoms with Gasteiger partial charge < -0.3 is 4.74 Å². The molecule has 0 radical (unpaired) electrons. The second kappa shape index (κ2) is 8.11. The lowest BCUT2D eigenvalue weighted by molar-refractivity contribution is -0.386. The Hall–Kier alpha value is -3.13. The maximum absolute atomic E-state index is 12.0. The van der Waals surface area contributed by atoms with E-state index in [-0.39, 0.29) is 11.4 Å². The van der Waals surface area contributed by atoms with Gasteiger partial charge in [0, 0.05) is 16.7 Å². The van der Waals surface area contributed by atoms with Crippen molar-refractivity contribution >= 4 is 29.1 Å². The first-order valence-electron chi connectivity index (χ1n) is 7.14. The van der Waals surface area contributed by atoms with E-state index >= 15 is 0 Å². The van der Waals surface area contributed by atoms with Crippen LogP contribution in [0.3, 0.4) is 0 Å². The number of halogens is 1. The van der Waals surface area contributed by atoms with E-state index in [2.05, 4.69) is 10.9 Å². The Labute approximate surface area is 147 Å². The molecule has 2 aromatic carbocycles. The van der Waals surface area contributed by atoms with Gasteiger partial charge in [-0.2, -0.15) is 0 Å². The lowest BCUT2D eigenvalue weighted by atomic mass is 10.2. The number of nitro groups is 1. The van der Waals surface area contributed by atoms with Crippen LogP contribution in [0.2, 0.25) is 5.02 Å². The number of benzene rings is 2. The average Bonchev–Trinajstić information content (AvgIpc) is 2.60. The number of nitrogens with one attached hydrogen (secondary N) is 2. The van der Waals surface area contributed by atoms with Crippen LogP contribution in [0.1, 0.15) is 17.3 Å².